The van der Waals surface area contributed by atoms with Crippen LogP contribution in [0, 0.1) is 0 Å². The summed E-state index contributed by atoms with van der Waals surface area (Å²) in [7, 11) is 0. The largest absolute Gasteiger partial charge is 0.364 e. The third-order valence-electron chi connectivity index (χ3n) is 3.95. The molecule has 124 valence electrons. The van der Waals surface area contributed by atoms with Crippen LogP contribution >= 0.6 is 11.3 Å². The van der Waals surface area contributed by atoms with Gasteiger partial charge >= 0.3 is 0 Å². The number of carbonyl (C=O) groups excluding carboxylic acids is 1. The predicted molar refractivity (Wildman–Crippen MR) is 100 cm³/mol. The quantitative estimate of drug-likeness (QED) is 0.547. The van der Waals surface area contributed by atoms with Gasteiger partial charge in [-0.15, -0.1) is 16.4 Å². The Hall–Kier alpha value is -2.99. The summed E-state index contributed by atoms with van der Waals surface area (Å²) in [6.07, 6.45) is 1.78. The second kappa shape index (κ2) is 6.49. The van der Waals surface area contributed by atoms with Crippen molar-refractivity contribution in [1.82, 2.24) is 14.6 Å². The Bertz CT molecular complexity index is 1040. The molecule has 0 bridgehead atoms. The number of nitrogens with zero attached hydrogens (tertiary/aromatic N) is 3. The van der Waals surface area contributed by atoms with Crippen molar-refractivity contribution < 1.29 is 4.79 Å². The number of anilines is 1. The van der Waals surface area contributed by atoms with E-state index in [9.17, 15) is 4.79 Å². The van der Waals surface area contributed by atoms with Crippen molar-refractivity contribution in [2.75, 3.05) is 5.32 Å². The number of fused-ring (bicyclic) bond motifs is 1. The molecule has 0 radical (unpaired) electrons. The predicted octanol–water partition coefficient (Wildman–Crippen LogP) is 4.27. The van der Waals surface area contributed by atoms with Crippen molar-refractivity contribution in [2.24, 2.45) is 0 Å². The molecule has 0 saturated heterocycles. The maximum Gasteiger partial charge on any atom is 0.159 e. The van der Waals surface area contributed by atoms with Crippen molar-refractivity contribution in [2.45, 2.75) is 13.5 Å². The number of benzene rings is 1. The lowest BCUT2D eigenvalue weighted by atomic mass is 10.1. The highest BCUT2D eigenvalue weighted by Gasteiger charge is 2.10. The monoisotopic (exact) mass is 348 g/mol. The summed E-state index contributed by atoms with van der Waals surface area (Å²) in [6.45, 7) is 2.30. The van der Waals surface area contributed by atoms with Gasteiger partial charge in [-0.3, -0.25) is 4.79 Å². The minimum Gasteiger partial charge on any atom is -0.364 e. The number of ketones is 1. The Labute approximate surface area is 149 Å². The topological polar surface area (TPSA) is 59.3 Å². The van der Waals surface area contributed by atoms with Crippen molar-refractivity contribution in [3.8, 4) is 11.3 Å². The van der Waals surface area contributed by atoms with Gasteiger partial charge < -0.3 is 5.32 Å². The summed E-state index contributed by atoms with van der Waals surface area (Å²) in [5.74, 6) is 0.824. The van der Waals surface area contributed by atoms with Crippen LogP contribution in [0.3, 0.4) is 0 Å². The van der Waals surface area contributed by atoms with Gasteiger partial charge in [0, 0.05) is 16.0 Å². The van der Waals surface area contributed by atoms with Crippen molar-refractivity contribution in [3.63, 3.8) is 0 Å². The number of hydrogen-bond acceptors (Lipinski definition) is 5. The molecule has 0 spiro atoms. The Morgan fingerprint density at radius 2 is 2.12 bits per heavy atom. The minimum atomic E-state index is 0.0435. The van der Waals surface area contributed by atoms with E-state index in [2.05, 4.69) is 26.8 Å². The second-order valence-corrected chi connectivity index (χ2v) is 6.73. The summed E-state index contributed by atoms with van der Waals surface area (Å²) >= 11 is 1.71. The van der Waals surface area contributed by atoms with E-state index in [1.807, 2.05) is 42.5 Å². The van der Waals surface area contributed by atoms with Gasteiger partial charge in [0.1, 0.15) is 5.82 Å². The fourth-order valence-electron chi connectivity index (χ4n) is 2.65. The van der Waals surface area contributed by atoms with Gasteiger partial charge in [0.25, 0.3) is 0 Å². The third kappa shape index (κ3) is 3.16. The number of imidazole rings is 1. The number of thiophene rings is 1. The normalized spacial score (nSPS) is 10.9. The lowest BCUT2D eigenvalue weighted by molar-refractivity contribution is 0.101. The van der Waals surface area contributed by atoms with Gasteiger partial charge in [-0.2, -0.15) is 0 Å². The number of carbonyl (C=O) groups is 1. The summed E-state index contributed by atoms with van der Waals surface area (Å²) in [5.41, 5.74) is 3.23. The Balaban J connectivity index is 1.69. The molecule has 1 aromatic carbocycles. The molecule has 1 N–H and O–H groups in total. The highest BCUT2D eigenvalue weighted by Crippen LogP contribution is 2.22. The number of Topliss-reactive ketones (excluding diaryl/α,β-unsaturated/α-hetero) is 1. The SMILES string of the molecule is CC(=O)c1cccc(-c2cnc3ccc(NCc4cccs4)nn23)c1. The fraction of sp³-hybridized carbons (Fsp3) is 0.105. The van der Waals surface area contributed by atoms with Gasteiger partial charge in [-0.05, 0) is 36.6 Å². The first-order chi connectivity index (χ1) is 12.2. The Morgan fingerprint density at radius 1 is 1.20 bits per heavy atom. The first-order valence-corrected chi connectivity index (χ1v) is 8.81. The van der Waals surface area contributed by atoms with Crippen LogP contribution < -0.4 is 5.32 Å². The molecule has 4 aromatic rings. The van der Waals surface area contributed by atoms with Crippen LogP contribution in [0.1, 0.15) is 22.2 Å². The molecule has 0 unspecified atom stereocenters. The van der Waals surface area contributed by atoms with Crippen LogP contribution in [-0.4, -0.2) is 20.4 Å². The summed E-state index contributed by atoms with van der Waals surface area (Å²) in [6, 6.07) is 15.5. The van der Waals surface area contributed by atoms with E-state index < -0.39 is 0 Å². The zero-order valence-corrected chi connectivity index (χ0v) is 14.5. The van der Waals surface area contributed by atoms with Gasteiger partial charge in [-0.25, -0.2) is 9.50 Å². The van der Waals surface area contributed by atoms with Crippen LogP contribution in [0.2, 0.25) is 0 Å². The van der Waals surface area contributed by atoms with E-state index in [0.717, 1.165) is 29.3 Å². The van der Waals surface area contributed by atoms with Crippen LogP contribution in [0.25, 0.3) is 16.9 Å². The molecular weight excluding hydrogens is 332 g/mol. The molecular formula is C19H16N4OS. The van der Waals surface area contributed by atoms with Crippen LogP contribution in [-0.2, 0) is 6.54 Å². The summed E-state index contributed by atoms with van der Waals surface area (Å²) in [5, 5.41) is 10.0. The minimum absolute atomic E-state index is 0.0435. The molecule has 0 aliphatic heterocycles. The van der Waals surface area contributed by atoms with Gasteiger partial charge in [0.15, 0.2) is 11.4 Å². The molecule has 0 amide bonds. The molecule has 3 aromatic heterocycles. The highest BCUT2D eigenvalue weighted by atomic mass is 32.1. The Morgan fingerprint density at radius 3 is 2.92 bits per heavy atom. The van der Waals surface area contributed by atoms with Crippen LogP contribution in [0.5, 0.6) is 0 Å². The first-order valence-electron chi connectivity index (χ1n) is 7.93. The maximum absolute atomic E-state index is 11.6. The number of rotatable bonds is 5. The van der Waals surface area contributed by atoms with Crippen molar-refractivity contribution in [1.29, 1.82) is 0 Å². The number of hydrogen-bond donors (Lipinski definition) is 1. The number of aromatic nitrogens is 3. The van der Waals surface area contributed by atoms with E-state index in [-0.39, 0.29) is 5.78 Å². The zero-order chi connectivity index (χ0) is 17.2. The van der Waals surface area contributed by atoms with Gasteiger partial charge in [-0.1, -0.05) is 24.3 Å². The second-order valence-electron chi connectivity index (χ2n) is 5.70. The van der Waals surface area contributed by atoms with E-state index in [0.29, 0.717) is 5.56 Å². The fourth-order valence-corrected chi connectivity index (χ4v) is 3.30. The standard InChI is InChI=1S/C19H16N4OS/c1-13(24)14-4-2-5-15(10-14)17-12-21-19-8-7-18(22-23(17)19)20-11-16-6-3-9-25-16/h2-10,12H,11H2,1H3,(H,20,22). The molecule has 25 heavy (non-hydrogen) atoms. The van der Waals surface area contributed by atoms with E-state index >= 15 is 0 Å². The molecule has 5 nitrogen and oxygen atoms in total. The van der Waals surface area contributed by atoms with Crippen LogP contribution in [0.4, 0.5) is 5.82 Å². The molecule has 3 heterocycles. The maximum atomic E-state index is 11.6. The molecule has 0 saturated carbocycles. The molecule has 6 heteroatoms. The summed E-state index contributed by atoms with van der Waals surface area (Å²) in [4.78, 5) is 17.3. The van der Waals surface area contributed by atoms with Crippen molar-refractivity contribution >= 4 is 28.6 Å². The van der Waals surface area contributed by atoms with E-state index in [1.165, 1.54) is 4.88 Å². The molecule has 4 rings (SSSR count). The van der Waals surface area contributed by atoms with E-state index in [4.69, 9.17) is 0 Å². The lowest BCUT2D eigenvalue weighted by Crippen LogP contribution is -2.04. The highest BCUT2D eigenvalue weighted by molar-refractivity contribution is 7.09. The lowest BCUT2D eigenvalue weighted by Gasteiger charge is -2.07. The zero-order valence-electron chi connectivity index (χ0n) is 13.6. The molecule has 0 atom stereocenters. The smallest absolute Gasteiger partial charge is 0.159 e. The first kappa shape index (κ1) is 15.5. The van der Waals surface area contributed by atoms with Crippen LogP contribution in [0.15, 0.2) is 60.1 Å². The van der Waals surface area contributed by atoms with Crippen molar-refractivity contribution in [3.05, 3.63) is 70.5 Å². The molecule has 0 aliphatic carbocycles. The Kier molecular flexibility index (Phi) is 4.03. The average molecular weight is 348 g/mol. The number of nitrogens with one attached hydrogen (secondary N) is 1. The average Bonchev–Trinajstić information content (AvgIpc) is 3.29. The van der Waals surface area contributed by atoms with Gasteiger partial charge in [0.2, 0.25) is 0 Å². The van der Waals surface area contributed by atoms with Gasteiger partial charge in [0.05, 0.1) is 18.4 Å². The van der Waals surface area contributed by atoms with E-state index in [1.54, 1.807) is 29.0 Å². The summed E-state index contributed by atoms with van der Waals surface area (Å²) < 4.78 is 1.80. The molecule has 0 aliphatic rings. The third-order valence-corrected chi connectivity index (χ3v) is 4.83. The molecule has 0 fully saturated rings.